The third kappa shape index (κ3) is 2.72. The highest BCUT2D eigenvalue weighted by molar-refractivity contribution is 5.87. The summed E-state index contributed by atoms with van der Waals surface area (Å²) in [6.07, 6.45) is 5.52. The summed E-state index contributed by atoms with van der Waals surface area (Å²) in [5, 5.41) is 0. The van der Waals surface area contributed by atoms with E-state index in [0.29, 0.717) is 11.5 Å². The molecule has 1 aromatic rings. The molecule has 2 rings (SSSR count). The topological polar surface area (TPSA) is 65.2 Å². The molecule has 0 aromatic carbocycles. The van der Waals surface area contributed by atoms with Gasteiger partial charge in [0.2, 0.25) is 0 Å². The van der Waals surface area contributed by atoms with Gasteiger partial charge in [-0.2, -0.15) is 0 Å². The van der Waals surface area contributed by atoms with Crippen LogP contribution < -0.4 is 5.73 Å². The maximum Gasteiger partial charge on any atom is 0.357 e. The van der Waals surface area contributed by atoms with Crippen LogP contribution >= 0.6 is 0 Å². The maximum atomic E-state index is 11.7. The van der Waals surface area contributed by atoms with Crippen molar-refractivity contribution in [3.63, 3.8) is 0 Å². The standard InChI is InChI=1S/C12H16N2O2/c13-11-8-4-7-10(14-11)12(15)16-9-5-2-1-3-6-9/h4,7-9H,1-3,5-6H2,(H2,13,14). The van der Waals surface area contributed by atoms with Crippen LogP contribution in [0.15, 0.2) is 18.2 Å². The Bertz CT molecular complexity index is 373. The van der Waals surface area contributed by atoms with Crippen molar-refractivity contribution in [2.24, 2.45) is 0 Å². The Morgan fingerprint density at radius 3 is 2.75 bits per heavy atom. The summed E-state index contributed by atoms with van der Waals surface area (Å²) < 4.78 is 5.38. The van der Waals surface area contributed by atoms with Crippen LogP contribution in [0.5, 0.6) is 0 Å². The minimum atomic E-state index is -0.362. The zero-order valence-electron chi connectivity index (χ0n) is 9.19. The Morgan fingerprint density at radius 1 is 1.31 bits per heavy atom. The van der Waals surface area contributed by atoms with Gasteiger partial charge in [0.05, 0.1) is 0 Å². The van der Waals surface area contributed by atoms with Crippen LogP contribution in [0.2, 0.25) is 0 Å². The van der Waals surface area contributed by atoms with Gasteiger partial charge in [0.25, 0.3) is 0 Å². The molecule has 4 heteroatoms. The second kappa shape index (κ2) is 4.96. The molecule has 1 aromatic heterocycles. The van der Waals surface area contributed by atoms with Crippen LogP contribution in [-0.4, -0.2) is 17.1 Å². The average molecular weight is 220 g/mol. The summed E-state index contributed by atoms with van der Waals surface area (Å²) in [6, 6.07) is 4.98. The maximum absolute atomic E-state index is 11.7. The minimum Gasteiger partial charge on any atom is -0.458 e. The molecular weight excluding hydrogens is 204 g/mol. The predicted octanol–water partition coefficient (Wildman–Crippen LogP) is 2.15. The molecule has 1 fully saturated rings. The molecule has 0 unspecified atom stereocenters. The second-order valence-electron chi connectivity index (χ2n) is 4.11. The zero-order chi connectivity index (χ0) is 11.4. The van der Waals surface area contributed by atoms with E-state index in [4.69, 9.17) is 10.5 Å². The quantitative estimate of drug-likeness (QED) is 0.775. The molecule has 2 N–H and O–H groups in total. The summed E-state index contributed by atoms with van der Waals surface area (Å²) in [7, 11) is 0. The van der Waals surface area contributed by atoms with Crippen molar-refractivity contribution in [2.75, 3.05) is 5.73 Å². The highest BCUT2D eigenvalue weighted by Crippen LogP contribution is 2.21. The largest absolute Gasteiger partial charge is 0.458 e. The first-order valence-electron chi connectivity index (χ1n) is 5.69. The fourth-order valence-corrected chi connectivity index (χ4v) is 1.96. The number of nitrogen functional groups attached to an aromatic ring is 1. The van der Waals surface area contributed by atoms with Gasteiger partial charge < -0.3 is 10.5 Å². The van der Waals surface area contributed by atoms with E-state index < -0.39 is 0 Å². The fourth-order valence-electron chi connectivity index (χ4n) is 1.96. The van der Waals surface area contributed by atoms with E-state index in [1.165, 1.54) is 6.42 Å². The number of hydrogen-bond acceptors (Lipinski definition) is 4. The van der Waals surface area contributed by atoms with Crippen molar-refractivity contribution in [2.45, 2.75) is 38.2 Å². The van der Waals surface area contributed by atoms with Gasteiger partial charge in [0.15, 0.2) is 5.69 Å². The monoisotopic (exact) mass is 220 g/mol. The van der Waals surface area contributed by atoms with E-state index in [0.717, 1.165) is 25.7 Å². The van der Waals surface area contributed by atoms with E-state index in [2.05, 4.69) is 4.98 Å². The number of hydrogen-bond donors (Lipinski definition) is 1. The van der Waals surface area contributed by atoms with Gasteiger partial charge in [0.1, 0.15) is 11.9 Å². The number of aromatic nitrogens is 1. The molecule has 1 heterocycles. The van der Waals surface area contributed by atoms with Crippen LogP contribution in [0.4, 0.5) is 5.82 Å². The summed E-state index contributed by atoms with van der Waals surface area (Å²) >= 11 is 0. The first kappa shape index (κ1) is 10.9. The van der Waals surface area contributed by atoms with Crippen LogP contribution in [0.25, 0.3) is 0 Å². The van der Waals surface area contributed by atoms with Crippen LogP contribution in [0.3, 0.4) is 0 Å². The Balaban J connectivity index is 1.97. The minimum absolute atomic E-state index is 0.0597. The molecule has 1 aliphatic rings. The van der Waals surface area contributed by atoms with Gasteiger partial charge in [-0.25, -0.2) is 9.78 Å². The number of nitrogens with two attached hydrogens (primary N) is 1. The molecule has 86 valence electrons. The third-order valence-electron chi connectivity index (χ3n) is 2.81. The molecule has 1 aliphatic carbocycles. The molecule has 0 spiro atoms. The van der Waals surface area contributed by atoms with Crippen LogP contribution in [-0.2, 0) is 4.74 Å². The van der Waals surface area contributed by atoms with Gasteiger partial charge in [-0.1, -0.05) is 12.5 Å². The van der Waals surface area contributed by atoms with Crippen molar-refractivity contribution < 1.29 is 9.53 Å². The van der Waals surface area contributed by atoms with E-state index in [9.17, 15) is 4.79 Å². The number of esters is 1. The Hall–Kier alpha value is -1.58. The lowest BCUT2D eigenvalue weighted by molar-refractivity contribution is 0.0204. The van der Waals surface area contributed by atoms with Crippen LogP contribution in [0.1, 0.15) is 42.6 Å². The number of rotatable bonds is 2. The Labute approximate surface area is 94.8 Å². The lowest BCUT2D eigenvalue weighted by atomic mass is 9.98. The molecule has 0 aliphatic heterocycles. The molecule has 4 nitrogen and oxygen atoms in total. The molecule has 1 saturated carbocycles. The molecule has 0 saturated heterocycles. The van der Waals surface area contributed by atoms with Crippen molar-refractivity contribution >= 4 is 11.8 Å². The van der Waals surface area contributed by atoms with Crippen molar-refractivity contribution in [1.82, 2.24) is 4.98 Å². The highest BCUT2D eigenvalue weighted by atomic mass is 16.5. The van der Waals surface area contributed by atoms with Crippen molar-refractivity contribution in [3.05, 3.63) is 23.9 Å². The lowest BCUT2D eigenvalue weighted by Crippen LogP contribution is -2.21. The molecular formula is C12H16N2O2. The van der Waals surface area contributed by atoms with Gasteiger partial charge in [-0.05, 0) is 37.8 Å². The SMILES string of the molecule is Nc1cccc(C(=O)OC2CCCCC2)n1. The van der Waals surface area contributed by atoms with Crippen molar-refractivity contribution in [1.29, 1.82) is 0 Å². The Morgan fingerprint density at radius 2 is 2.06 bits per heavy atom. The first-order valence-corrected chi connectivity index (χ1v) is 5.69. The lowest BCUT2D eigenvalue weighted by Gasteiger charge is -2.21. The Kier molecular flexibility index (Phi) is 3.39. The first-order chi connectivity index (χ1) is 7.75. The predicted molar refractivity (Wildman–Crippen MR) is 60.9 cm³/mol. The third-order valence-corrected chi connectivity index (χ3v) is 2.81. The van der Waals surface area contributed by atoms with Gasteiger partial charge in [-0.3, -0.25) is 0 Å². The summed E-state index contributed by atoms with van der Waals surface area (Å²) in [5.41, 5.74) is 5.81. The number of nitrogens with zero attached hydrogens (tertiary/aromatic N) is 1. The summed E-state index contributed by atoms with van der Waals surface area (Å²) in [4.78, 5) is 15.7. The second-order valence-corrected chi connectivity index (χ2v) is 4.11. The zero-order valence-corrected chi connectivity index (χ0v) is 9.19. The molecule has 0 bridgehead atoms. The number of pyridine rings is 1. The number of carbonyl (C=O) groups excluding carboxylic acids is 1. The molecule has 0 atom stereocenters. The van der Waals surface area contributed by atoms with E-state index in [1.54, 1.807) is 18.2 Å². The normalized spacial score (nSPS) is 17.0. The molecule has 0 radical (unpaired) electrons. The average Bonchev–Trinajstić information content (AvgIpc) is 2.30. The molecule has 0 amide bonds. The van der Waals surface area contributed by atoms with Crippen LogP contribution in [0, 0.1) is 0 Å². The number of anilines is 1. The molecule has 16 heavy (non-hydrogen) atoms. The van der Waals surface area contributed by atoms with E-state index >= 15 is 0 Å². The summed E-state index contributed by atoms with van der Waals surface area (Å²) in [6.45, 7) is 0. The van der Waals surface area contributed by atoms with Gasteiger partial charge in [-0.15, -0.1) is 0 Å². The smallest absolute Gasteiger partial charge is 0.357 e. The van der Waals surface area contributed by atoms with Crippen molar-refractivity contribution in [3.8, 4) is 0 Å². The fraction of sp³-hybridized carbons (Fsp3) is 0.500. The number of carbonyl (C=O) groups is 1. The van der Waals surface area contributed by atoms with Gasteiger partial charge in [0, 0.05) is 0 Å². The van der Waals surface area contributed by atoms with E-state index in [1.807, 2.05) is 0 Å². The number of ether oxygens (including phenoxy) is 1. The van der Waals surface area contributed by atoms with E-state index in [-0.39, 0.29) is 12.1 Å². The highest BCUT2D eigenvalue weighted by Gasteiger charge is 2.19. The van der Waals surface area contributed by atoms with Gasteiger partial charge >= 0.3 is 5.97 Å². The summed E-state index contributed by atoms with van der Waals surface area (Å²) in [5.74, 6) is -0.0164.